The Morgan fingerprint density at radius 1 is 1.20 bits per heavy atom. The SMILES string of the molecule is Cc1ccc(C(=O)N2CCC3(CC2)OCCO3)c(C)n1. The van der Waals surface area contributed by atoms with Crippen LogP contribution in [0, 0.1) is 13.8 Å². The molecule has 20 heavy (non-hydrogen) atoms. The van der Waals surface area contributed by atoms with Crippen LogP contribution in [0.15, 0.2) is 12.1 Å². The predicted molar refractivity (Wildman–Crippen MR) is 73.5 cm³/mol. The number of nitrogens with zero attached hydrogens (tertiary/aromatic N) is 2. The first-order valence-electron chi connectivity index (χ1n) is 7.11. The third kappa shape index (κ3) is 2.43. The number of rotatable bonds is 1. The zero-order chi connectivity index (χ0) is 14.2. The van der Waals surface area contributed by atoms with Gasteiger partial charge in [-0.2, -0.15) is 0 Å². The third-order valence-corrected chi connectivity index (χ3v) is 4.08. The van der Waals surface area contributed by atoms with Crippen LogP contribution >= 0.6 is 0 Å². The first-order valence-corrected chi connectivity index (χ1v) is 7.11. The monoisotopic (exact) mass is 276 g/mol. The molecule has 2 aliphatic heterocycles. The highest BCUT2D eigenvalue weighted by Gasteiger charge is 2.40. The van der Waals surface area contributed by atoms with Crippen molar-refractivity contribution in [2.45, 2.75) is 32.5 Å². The second-order valence-electron chi connectivity index (χ2n) is 5.49. The number of piperidine rings is 1. The van der Waals surface area contributed by atoms with Gasteiger partial charge >= 0.3 is 0 Å². The smallest absolute Gasteiger partial charge is 0.255 e. The van der Waals surface area contributed by atoms with Gasteiger partial charge < -0.3 is 14.4 Å². The lowest BCUT2D eigenvalue weighted by Crippen LogP contribution is -2.47. The van der Waals surface area contributed by atoms with Crippen LogP contribution in [-0.2, 0) is 9.47 Å². The lowest BCUT2D eigenvalue weighted by molar-refractivity contribution is -0.181. The fourth-order valence-electron chi connectivity index (χ4n) is 2.92. The van der Waals surface area contributed by atoms with Crippen LogP contribution in [0.25, 0.3) is 0 Å². The molecule has 5 heteroatoms. The maximum Gasteiger partial charge on any atom is 0.255 e. The molecule has 0 unspecified atom stereocenters. The summed E-state index contributed by atoms with van der Waals surface area (Å²) >= 11 is 0. The van der Waals surface area contributed by atoms with Crippen LogP contribution in [0.2, 0.25) is 0 Å². The number of aromatic nitrogens is 1. The van der Waals surface area contributed by atoms with Crippen molar-refractivity contribution in [2.24, 2.45) is 0 Å². The number of carbonyl (C=O) groups excluding carboxylic acids is 1. The van der Waals surface area contributed by atoms with Gasteiger partial charge in [0.1, 0.15) is 0 Å². The zero-order valence-electron chi connectivity index (χ0n) is 12.0. The molecule has 5 nitrogen and oxygen atoms in total. The Hall–Kier alpha value is -1.46. The van der Waals surface area contributed by atoms with Crippen LogP contribution in [-0.4, -0.2) is 47.9 Å². The number of likely N-dealkylation sites (tertiary alicyclic amines) is 1. The Morgan fingerprint density at radius 3 is 2.45 bits per heavy atom. The predicted octanol–water partition coefficient (Wildman–Crippen LogP) is 1.68. The highest BCUT2D eigenvalue weighted by atomic mass is 16.7. The van der Waals surface area contributed by atoms with Crippen LogP contribution < -0.4 is 0 Å². The maximum atomic E-state index is 12.5. The van der Waals surface area contributed by atoms with Gasteiger partial charge in [-0.3, -0.25) is 9.78 Å². The zero-order valence-corrected chi connectivity index (χ0v) is 12.0. The number of carbonyl (C=O) groups is 1. The lowest BCUT2D eigenvalue weighted by Gasteiger charge is -2.37. The van der Waals surface area contributed by atoms with Crippen LogP contribution in [0.5, 0.6) is 0 Å². The Morgan fingerprint density at radius 2 is 1.85 bits per heavy atom. The Bertz CT molecular complexity index is 514. The first-order chi connectivity index (χ1) is 9.60. The van der Waals surface area contributed by atoms with Gasteiger partial charge in [0.25, 0.3) is 5.91 Å². The number of ether oxygens (including phenoxy) is 2. The molecular formula is C15H20N2O3. The van der Waals surface area contributed by atoms with E-state index in [2.05, 4.69) is 4.98 Å². The average molecular weight is 276 g/mol. The van der Waals surface area contributed by atoms with Crippen molar-refractivity contribution in [1.82, 2.24) is 9.88 Å². The molecule has 1 spiro atoms. The fourth-order valence-corrected chi connectivity index (χ4v) is 2.92. The normalized spacial score (nSPS) is 21.4. The number of hydrogen-bond donors (Lipinski definition) is 0. The van der Waals surface area contributed by atoms with Crippen LogP contribution in [0.1, 0.15) is 34.6 Å². The van der Waals surface area contributed by atoms with Crippen molar-refractivity contribution in [2.75, 3.05) is 26.3 Å². The van der Waals surface area contributed by atoms with Gasteiger partial charge in [-0.15, -0.1) is 0 Å². The minimum Gasteiger partial charge on any atom is -0.347 e. The quantitative estimate of drug-likeness (QED) is 0.783. The molecule has 2 fully saturated rings. The lowest BCUT2D eigenvalue weighted by atomic mass is 10.0. The van der Waals surface area contributed by atoms with Gasteiger partial charge in [-0.1, -0.05) is 0 Å². The fraction of sp³-hybridized carbons (Fsp3) is 0.600. The summed E-state index contributed by atoms with van der Waals surface area (Å²) in [6.07, 6.45) is 1.49. The molecule has 0 N–H and O–H groups in total. The van der Waals surface area contributed by atoms with E-state index in [1.165, 1.54) is 0 Å². The van der Waals surface area contributed by atoms with Gasteiger partial charge in [0.2, 0.25) is 0 Å². The number of pyridine rings is 1. The molecule has 0 aliphatic carbocycles. The van der Waals surface area contributed by atoms with E-state index in [0.717, 1.165) is 24.2 Å². The summed E-state index contributed by atoms with van der Waals surface area (Å²) in [6.45, 7) is 6.48. The van der Waals surface area contributed by atoms with Crippen molar-refractivity contribution in [1.29, 1.82) is 0 Å². The molecule has 0 saturated carbocycles. The molecule has 2 saturated heterocycles. The van der Waals surface area contributed by atoms with Gasteiger partial charge in [-0.05, 0) is 26.0 Å². The molecule has 1 amide bonds. The van der Waals surface area contributed by atoms with Crippen molar-refractivity contribution in [3.63, 3.8) is 0 Å². The average Bonchev–Trinajstić information content (AvgIpc) is 2.87. The van der Waals surface area contributed by atoms with E-state index < -0.39 is 5.79 Å². The number of aryl methyl sites for hydroxylation is 2. The van der Waals surface area contributed by atoms with Crippen LogP contribution in [0.4, 0.5) is 0 Å². The summed E-state index contributed by atoms with van der Waals surface area (Å²) in [5.74, 6) is -0.375. The molecule has 2 aliphatic rings. The van der Waals surface area contributed by atoms with Gasteiger partial charge in [0, 0.05) is 31.6 Å². The minimum atomic E-state index is -0.433. The maximum absolute atomic E-state index is 12.5. The molecule has 1 aromatic heterocycles. The van der Waals surface area contributed by atoms with E-state index in [1.54, 1.807) is 0 Å². The van der Waals surface area contributed by atoms with Crippen molar-refractivity contribution < 1.29 is 14.3 Å². The standard InChI is InChI=1S/C15H20N2O3/c1-11-3-4-13(12(2)16-11)14(18)17-7-5-15(6-8-17)19-9-10-20-15/h3-4H,5-10H2,1-2H3. The Balaban J connectivity index is 1.69. The molecule has 0 radical (unpaired) electrons. The second-order valence-corrected chi connectivity index (χ2v) is 5.49. The van der Waals surface area contributed by atoms with Crippen molar-refractivity contribution >= 4 is 5.91 Å². The third-order valence-electron chi connectivity index (χ3n) is 4.08. The van der Waals surface area contributed by atoms with E-state index in [9.17, 15) is 4.79 Å². The van der Waals surface area contributed by atoms with Crippen molar-refractivity contribution in [3.05, 3.63) is 29.1 Å². The summed E-state index contributed by atoms with van der Waals surface area (Å²) in [4.78, 5) is 18.8. The van der Waals surface area contributed by atoms with E-state index in [1.807, 2.05) is 30.9 Å². The first kappa shape index (κ1) is 13.5. The van der Waals surface area contributed by atoms with Gasteiger partial charge in [0.05, 0.1) is 24.5 Å². The summed E-state index contributed by atoms with van der Waals surface area (Å²) < 4.78 is 11.4. The Kier molecular flexibility index (Phi) is 3.48. The van der Waals surface area contributed by atoms with Crippen molar-refractivity contribution in [3.8, 4) is 0 Å². The van der Waals surface area contributed by atoms with E-state index in [0.29, 0.717) is 31.9 Å². The van der Waals surface area contributed by atoms with E-state index in [-0.39, 0.29) is 5.91 Å². The van der Waals surface area contributed by atoms with Gasteiger partial charge in [0.15, 0.2) is 5.79 Å². The topological polar surface area (TPSA) is 51.7 Å². The molecule has 0 bridgehead atoms. The van der Waals surface area contributed by atoms with Crippen LogP contribution in [0.3, 0.4) is 0 Å². The summed E-state index contributed by atoms with van der Waals surface area (Å²) in [5, 5.41) is 0. The largest absolute Gasteiger partial charge is 0.347 e. The van der Waals surface area contributed by atoms with Gasteiger partial charge in [-0.25, -0.2) is 0 Å². The minimum absolute atomic E-state index is 0.0582. The molecule has 0 aromatic carbocycles. The van der Waals surface area contributed by atoms with E-state index >= 15 is 0 Å². The molecule has 1 aromatic rings. The molecular weight excluding hydrogens is 256 g/mol. The Labute approximate surface area is 118 Å². The highest BCUT2D eigenvalue weighted by Crippen LogP contribution is 2.31. The number of hydrogen-bond acceptors (Lipinski definition) is 4. The molecule has 0 atom stereocenters. The molecule has 3 heterocycles. The molecule has 108 valence electrons. The summed E-state index contributed by atoms with van der Waals surface area (Å²) in [7, 11) is 0. The molecule has 3 rings (SSSR count). The summed E-state index contributed by atoms with van der Waals surface area (Å²) in [5.41, 5.74) is 2.42. The summed E-state index contributed by atoms with van der Waals surface area (Å²) in [6, 6.07) is 3.75. The second kappa shape index (κ2) is 5.14. The highest BCUT2D eigenvalue weighted by molar-refractivity contribution is 5.95. The van der Waals surface area contributed by atoms with E-state index in [4.69, 9.17) is 9.47 Å². The number of amides is 1.